The van der Waals surface area contributed by atoms with Gasteiger partial charge in [0.15, 0.2) is 0 Å². The van der Waals surface area contributed by atoms with Gasteiger partial charge in [0.25, 0.3) is 5.91 Å². The van der Waals surface area contributed by atoms with Crippen molar-refractivity contribution in [3.8, 4) is 5.75 Å². The topological polar surface area (TPSA) is 59.0 Å². The van der Waals surface area contributed by atoms with E-state index in [1.807, 2.05) is 34.6 Å². The van der Waals surface area contributed by atoms with E-state index in [2.05, 4.69) is 4.99 Å². The second-order valence-corrected chi connectivity index (χ2v) is 8.81. The quantitative estimate of drug-likeness (QED) is 0.736. The van der Waals surface area contributed by atoms with Crippen molar-refractivity contribution in [2.75, 3.05) is 13.7 Å². The molecule has 2 heterocycles. The van der Waals surface area contributed by atoms with Crippen molar-refractivity contribution in [1.82, 2.24) is 4.90 Å². The number of fused-ring (bicyclic) bond motifs is 1. The minimum Gasteiger partial charge on any atom is -0.497 e. The fraction of sp³-hybridized carbons (Fsp3) is 0.435. The van der Waals surface area contributed by atoms with Gasteiger partial charge in [0.1, 0.15) is 5.75 Å². The molecule has 1 aromatic carbocycles. The first-order chi connectivity index (χ1) is 14.1. The lowest BCUT2D eigenvalue weighted by molar-refractivity contribution is -0.138. The molecule has 5 nitrogen and oxygen atoms in total. The molecular formula is C23H26N2O3S. The van der Waals surface area contributed by atoms with Gasteiger partial charge in [0.05, 0.1) is 24.9 Å². The molecule has 4 rings (SSSR count). The van der Waals surface area contributed by atoms with Crippen molar-refractivity contribution in [2.45, 2.75) is 38.6 Å². The van der Waals surface area contributed by atoms with Crippen molar-refractivity contribution in [2.24, 2.45) is 16.8 Å². The van der Waals surface area contributed by atoms with E-state index in [1.165, 1.54) is 6.42 Å². The molecule has 0 saturated heterocycles. The van der Waals surface area contributed by atoms with Crippen LogP contribution in [-0.4, -0.2) is 30.4 Å². The van der Waals surface area contributed by atoms with Crippen molar-refractivity contribution < 1.29 is 14.3 Å². The molecule has 2 aliphatic rings. The predicted octanol–water partition coefficient (Wildman–Crippen LogP) is 2.92. The van der Waals surface area contributed by atoms with E-state index in [1.54, 1.807) is 30.6 Å². The number of carbonyl (C=O) groups is 2. The molecule has 1 unspecified atom stereocenters. The van der Waals surface area contributed by atoms with Gasteiger partial charge in [-0.05, 0) is 42.5 Å². The molecule has 2 aromatic rings. The summed E-state index contributed by atoms with van der Waals surface area (Å²) in [5.41, 5.74) is 0. The van der Waals surface area contributed by atoms with Gasteiger partial charge in [-0.3, -0.25) is 9.59 Å². The van der Waals surface area contributed by atoms with Crippen LogP contribution in [0.1, 0.15) is 37.0 Å². The summed E-state index contributed by atoms with van der Waals surface area (Å²) in [6.45, 7) is 0.918. The highest BCUT2D eigenvalue weighted by Gasteiger charge is 2.30. The molecule has 1 saturated carbocycles. The maximum absolute atomic E-state index is 13.3. The number of amides is 2. The van der Waals surface area contributed by atoms with Gasteiger partial charge >= 0.3 is 0 Å². The third-order valence-corrected chi connectivity index (χ3v) is 6.63. The van der Waals surface area contributed by atoms with Crippen LogP contribution in [0.25, 0.3) is 6.08 Å². The van der Waals surface area contributed by atoms with E-state index in [9.17, 15) is 9.59 Å². The summed E-state index contributed by atoms with van der Waals surface area (Å²) in [6, 6.07) is 9.54. The number of hydrogen-bond donors (Lipinski definition) is 0. The fourth-order valence-corrected chi connectivity index (χ4v) is 4.90. The van der Waals surface area contributed by atoms with E-state index >= 15 is 0 Å². The number of benzene rings is 1. The highest BCUT2D eigenvalue weighted by molar-refractivity contribution is 7.09. The summed E-state index contributed by atoms with van der Waals surface area (Å²) in [5.74, 6) is 0.372. The lowest BCUT2D eigenvalue weighted by Crippen LogP contribution is -2.43. The molecule has 1 aromatic heterocycles. The number of thiophene rings is 1. The minimum atomic E-state index is -0.429. The number of nitrogens with zero attached hydrogens (tertiary/aromatic N) is 2. The van der Waals surface area contributed by atoms with Crippen LogP contribution in [0.4, 0.5) is 0 Å². The maximum atomic E-state index is 13.3. The van der Waals surface area contributed by atoms with E-state index in [-0.39, 0.29) is 17.7 Å². The van der Waals surface area contributed by atoms with Crippen molar-refractivity contribution >= 4 is 29.2 Å². The molecule has 0 bridgehead atoms. The summed E-state index contributed by atoms with van der Waals surface area (Å²) >= 11 is 1.64. The smallest absolute Gasteiger partial charge is 0.254 e. The second-order valence-electron chi connectivity index (χ2n) is 7.78. The first-order valence-corrected chi connectivity index (χ1v) is 11.1. The Bertz CT molecular complexity index is 994. The van der Waals surface area contributed by atoms with Gasteiger partial charge in [-0.25, -0.2) is 4.99 Å². The number of carbonyl (C=O) groups excluding carboxylic acids is 2. The van der Waals surface area contributed by atoms with Crippen LogP contribution >= 0.6 is 11.3 Å². The Hall–Kier alpha value is -2.47. The molecule has 29 heavy (non-hydrogen) atoms. The summed E-state index contributed by atoms with van der Waals surface area (Å²) in [6.07, 6.45) is 7.27. The number of methoxy groups -OCH3 is 1. The largest absolute Gasteiger partial charge is 0.497 e. The van der Waals surface area contributed by atoms with Crippen LogP contribution in [-0.2, 0) is 16.1 Å². The fourth-order valence-electron chi connectivity index (χ4n) is 4.18. The maximum Gasteiger partial charge on any atom is 0.254 e. The third kappa shape index (κ3) is 4.58. The van der Waals surface area contributed by atoms with Crippen molar-refractivity contribution in [3.63, 3.8) is 0 Å². The van der Waals surface area contributed by atoms with E-state index in [0.29, 0.717) is 18.4 Å². The molecular weight excluding hydrogens is 384 g/mol. The highest BCUT2D eigenvalue weighted by atomic mass is 32.1. The van der Waals surface area contributed by atoms with E-state index < -0.39 is 5.92 Å². The predicted molar refractivity (Wildman–Crippen MR) is 113 cm³/mol. The molecule has 2 amide bonds. The lowest BCUT2D eigenvalue weighted by Gasteiger charge is -2.31. The monoisotopic (exact) mass is 410 g/mol. The molecule has 1 aliphatic carbocycles. The van der Waals surface area contributed by atoms with Crippen molar-refractivity contribution in [1.29, 1.82) is 0 Å². The van der Waals surface area contributed by atoms with Gasteiger partial charge in [0, 0.05) is 22.6 Å². The first-order valence-electron chi connectivity index (χ1n) is 10.2. The van der Waals surface area contributed by atoms with Crippen molar-refractivity contribution in [3.05, 3.63) is 51.2 Å². The van der Waals surface area contributed by atoms with Crippen LogP contribution in [0.3, 0.4) is 0 Å². The van der Waals surface area contributed by atoms with E-state index in [0.717, 1.165) is 41.5 Å². The van der Waals surface area contributed by atoms with Crippen LogP contribution in [0.15, 0.2) is 40.7 Å². The Labute approximate surface area is 174 Å². The van der Waals surface area contributed by atoms with Gasteiger partial charge in [-0.2, -0.15) is 0 Å². The zero-order chi connectivity index (χ0) is 20.2. The average molecular weight is 411 g/mol. The van der Waals surface area contributed by atoms with Gasteiger partial charge in [0.2, 0.25) is 5.91 Å². The second kappa shape index (κ2) is 8.91. The van der Waals surface area contributed by atoms with Gasteiger partial charge in [-0.1, -0.05) is 31.4 Å². The Balaban J connectivity index is 1.59. The van der Waals surface area contributed by atoms with Crippen LogP contribution in [0.2, 0.25) is 0 Å². The van der Waals surface area contributed by atoms with Crippen LogP contribution in [0.5, 0.6) is 5.75 Å². The summed E-state index contributed by atoms with van der Waals surface area (Å²) in [5, 5.41) is 3.57. The summed E-state index contributed by atoms with van der Waals surface area (Å²) in [7, 11) is 1.62. The molecule has 0 spiro atoms. The highest BCUT2D eigenvalue weighted by Crippen LogP contribution is 2.27. The molecule has 0 radical (unpaired) electrons. The standard InChI is InChI=1S/C23H26N2O3S/c1-28-19-9-10-21-17(13-19)12-18(22(26)24-21)14-25(15-20-8-5-11-29-20)23(27)16-6-3-2-4-7-16/h5,8-13,16,18H,2-4,6-7,14-15H2,1H3. The number of rotatable bonds is 6. The number of hydrogen-bond acceptors (Lipinski definition) is 4. The van der Waals surface area contributed by atoms with Crippen LogP contribution in [0, 0.1) is 11.8 Å². The van der Waals surface area contributed by atoms with Crippen LogP contribution < -0.4 is 15.3 Å². The molecule has 1 aliphatic heterocycles. The molecule has 152 valence electrons. The van der Waals surface area contributed by atoms with Gasteiger partial charge < -0.3 is 9.64 Å². The average Bonchev–Trinajstić information content (AvgIpc) is 3.26. The molecule has 1 fully saturated rings. The zero-order valence-electron chi connectivity index (χ0n) is 16.7. The van der Waals surface area contributed by atoms with E-state index in [4.69, 9.17) is 4.74 Å². The lowest BCUT2D eigenvalue weighted by atomic mass is 9.88. The molecule has 6 heteroatoms. The Morgan fingerprint density at radius 1 is 1.24 bits per heavy atom. The first kappa shape index (κ1) is 19.8. The zero-order valence-corrected chi connectivity index (χ0v) is 17.5. The summed E-state index contributed by atoms with van der Waals surface area (Å²) in [4.78, 5) is 33.3. The SMILES string of the molecule is COc1ccc2c(c1)=CC(CN(Cc1cccs1)C(=O)C1CCCCC1)C(=O)N=2. The molecule has 1 atom stereocenters. The Morgan fingerprint density at radius 3 is 2.79 bits per heavy atom. The minimum absolute atomic E-state index is 0.0757. The normalized spacial score (nSPS) is 19.1. The Kier molecular flexibility index (Phi) is 6.09. The Morgan fingerprint density at radius 2 is 2.07 bits per heavy atom. The molecule has 0 N–H and O–H groups in total. The summed E-state index contributed by atoms with van der Waals surface area (Å²) < 4.78 is 5.30. The number of ether oxygens (including phenoxy) is 1. The van der Waals surface area contributed by atoms with Gasteiger partial charge in [-0.15, -0.1) is 11.3 Å². The third-order valence-electron chi connectivity index (χ3n) is 5.77.